The number of carbonyl (C=O) groups excluding carboxylic acids is 2. The summed E-state index contributed by atoms with van der Waals surface area (Å²) in [5.41, 5.74) is 7.55. The molecule has 2 amide bonds. The molecule has 1 aliphatic heterocycles. The number of imidazole rings is 1. The number of nitrogens with two attached hydrogens (primary N) is 1. The van der Waals surface area contributed by atoms with Crippen molar-refractivity contribution in [2.45, 2.75) is 0 Å². The van der Waals surface area contributed by atoms with Crippen LogP contribution < -0.4 is 10.6 Å². The van der Waals surface area contributed by atoms with Crippen LogP contribution in [0.25, 0.3) is 16.9 Å². The zero-order valence-electron chi connectivity index (χ0n) is 17.1. The van der Waals surface area contributed by atoms with E-state index in [2.05, 4.69) is 19.9 Å². The number of fused-ring (bicyclic) bond motifs is 1. The molecule has 0 aliphatic carbocycles. The maximum Gasteiger partial charge on any atom is 0.271 e. The largest absolute Gasteiger partial charge is 0.364 e. The molecule has 0 bridgehead atoms. The number of hydrogen-bond acceptors (Lipinski definition) is 7. The van der Waals surface area contributed by atoms with Crippen LogP contribution in [0.15, 0.2) is 61.2 Å². The first-order valence-corrected chi connectivity index (χ1v) is 10.2. The molecule has 0 saturated carbocycles. The average molecular weight is 428 g/mol. The van der Waals surface area contributed by atoms with Gasteiger partial charge in [-0.25, -0.2) is 19.9 Å². The number of rotatable bonds is 4. The highest BCUT2D eigenvalue weighted by atomic mass is 16.2. The molecule has 32 heavy (non-hydrogen) atoms. The van der Waals surface area contributed by atoms with E-state index in [1.54, 1.807) is 29.4 Å². The van der Waals surface area contributed by atoms with Gasteiger partial charge in [-0.3, -0.25) is 14.0 Å². The van der Waals surface area contributed by atoms with Crippen LogP contribution in [0.2, 0.25) is 0 Å². The molecule has 2 N–H and O–H groups in total. The van der Waals surface area contributed by atoms with E-state index in [0.717, 1.165) is 5.56 Å². The van der Waals surface area contributed by atoms with Gasteiger partial charge in [0.25, 0.3) is 11.8 Å². The number of amides is 2. The smallest absolute Gasteiger partial charge is 0.271 e. The summed E-state index contributed by atoms with van der Waals surface area (Å²) in [7, 11) is 0. The predicted molar refractivity (Wildman–Crippen MR) is 117 cm³/mol. The molecule has 4 aromatic rings. The molecule has 1 aliphatic rings. The summed E-state index contributed by atoms with van der Waals surface area (Å²) in [6, 6.07) is 13.0. The van der Waals surface area contributed by atoms with Gasteiger partial charge in [0.15, 0.2) is 11.3 Å². The minimum atomic E-state index is -0.694. The fourth-order valence-corrected chi connectivity index (χ4v) is 3.79. The molecule has 4 heterocycles. The number of primary amides is 1. The zero-order chi connectivity index (χ0) is 22.1. The van der Waals surface area contributed by atoms with Gasteiger partial charge in [0.2, 0.25) is 5.95 Å². The van der Waals surface area contributed by atoms with Crippen LogP contribution in [0.1, 0.15) is 21.0 Å². The Balaban J connectivity index is 1.49. The van der Waals surface area contributed by atoms with Crippen LogP contribution in [0.4, 0.5) is 5.95 Å². The van der Waals surface area contributed by atoms with E-state index in [4.69, 9.17) is 5.73 Å². The molecule has 0 radical (unpaired) electrons. The molecule has 0 spiro atoms. The monoisotopic (exact) mass is 428 g/mol. The first-order valence-electron chi connectivity index (χ1n) is 10.2. The Morgan fingerprint density at radius 3 is 2.31 bits per heavy atom. The maximum absolute atomic E-state index is 13.5. The Morgan fingerprint density at radius 2 is 1.62 bits per heavy atom. The van der Waals surface area contributed by atoms with Gasteiger partial charge in [-0.1, -0.05) is 30.3 Å². The lowest BCUT2D eigenvalue weighted by atomic mass is 10.1. The zero-order valence-corrected chi connectivity index (χ0v) is 17.1. The molecule has 160 valence electrons. The number of piperazine rings is 1. The lowest BCUT2D eigenvalue weighted by molar-refractivity contribution is 0.0738. The Hall–Kier alpha value is -4.34. The van der Waals surface area contributed by atoms with Crippen LogP contribution in [0, 0.1) is 0 Å². The van der Waals surface area contributed by atoms with Gasteiger partial charge >= 0.3 is 0 Å². The Bertz CT molecular complexity index is 1280. The summed E-state index contributed by atoms with van der Waals surface area (Å²) in [4.78, 5) is 46.4. The third-order valence-corrected chi connectivity index (χ3v) is 5.43. The predicted octanol–water partition coefficient (Wildman–Crippen LogP) is 1.25. The molecule has 10 heteroatoms. The number of anilines is 1. The van der Waals surface area contributed by atoms with E-state index < -0.39 is 5.91 Å². The SMILES string of the molecule is NC(=O)c1ncn2c(C(=O)N3CCN(c4ncccn4)CC3)cc(-c3ccccc3)nc12. The molecule has 10 nitrogen and oxygen atoms in total. The van der Waals surface area contributed by atoms with Crippen molar-refractivity contribution >= 4 is 23.4 Å². The molecule has 5 rings (SSSR count). The minimum Gasteiger partial charge on any atom is -0.364 e. The first-order chi connectivity index (χ1) is 15.6. The van der Waals surface area contributed by atoms with Crippen LogP contribution in [0.3, 0.4) is 0 Å². The second-order valence-corrected chi connectivity index (χ2v) is 7.37. The van der Waals surface area contributed by atoms with Crippen molar-refractivity contribution in [1.29, 1.82) is 0 Å². The normalized spacial score (nSPS) is 14.0. The molecule has 1 aromatic carbocycles. The lowest BCUT2D eigenvalue weighted by Crippen LogP contribution is -2.49. The Morgan fingerprint density at radius 1 is 0.906 bits per heavy atom. The summed E-state index contributed by atoms with van der Waals surface area (Å²) >= 11 is 0. The highest BCUT2D eigenvalue weighted by Crippen LogP contribution is 2.22. The summed E-state index contributed by atoms with van der Waals surface area (Å²) in [5.74, 6) is -0.213. The van der Waals surface area contributed by atoms with Gasteiger partial charge in [-0.15, -0.1) is 0 Å². The van der Waals surface area contributed by atoms with Gasteiger partial charge < -0.3 is 15.5 Å². The average Bonchev–Trinajstić information content (AvgIpc) is 3.29. The van der Waals surface area contributed by atoms with Crippen molar-refractivity contribution in [2.75, 3.05) is 31.1 Å². The van der Waals surface area contributed by atoms with E-state index >= 15 is 0 Å². The van der Waals surface area contributed by atoms with Gasteiger partial charge in [0.05, 0.1) is 5.69 Å². The van der Waals surface area contributed by atoms with Gasteiger partial charge in [-0.05, 0) is 12.1 Å². The first kappa shape index (κ1) is 19.6. The molecule has 0 unspecified atom stereocenters. The Labute approximate surface area is 183 Å². The molecule has 0 atom stereocenters. The van der Waals surface area contributed by atoms with Crippen molar-refractivity contribution in [1.82, 2.24) is 29.2 Å². The highest BCUT2D eigenvalue weighted by Gasteiger charge is 2.27. The summed E-state index contributed by atoms with van der Waals surface area (Å²) < 4.78 is 1.53. The molecular formula is C22H20N8O2. The molecule has 3 aromatic heterocycles. The standard InChI is InChI=1S/C22H20N8O2/c23-19(31)18-20-27-16(15-5-2-1-3-6-15)13-17(30(20)14-26-18)21(32)28-9-11-29(12-10-28)22-24-7-4-8-25-22/h1-8,13-14H,9-12H2,(H2,23,31). The van der Waals surface area contributed by atoms with Crippen molar-refractivity contribution in [3.05, 3.63) is 72.6 Å². The second kappa shape index (κ2) is 8.06. The number of aromatic nitrogens is 5. The molecule has 1 fully saturated rings. The van der Waals surface area contributed by atoms with Crippen molar-refractivity contribution in [3.8, 4) is 11.3 Å². The summed E-state index contributed by atoms with van der Waals surface area (Å²) in [5, 5.41) is 0. The topological polar surface area (TPSA) is 123 Å². The minimum absolute atomic E-state index is 0.0304. The van der Waals surface area contributed by atoms with E-state index in [9.17, 15) is 9.59 Å². The molecular weight excluding hydrogens is 408 g/mol. The Kier molecular flexibility index (Phi) is 4.94. The van der Waals surface area contributed by atoms with Crippen molar-refractivity contribution < 1.29 is 9.59 Å². The third-order valence-electron chi connectivity index (χ3n) is 5.43. The summed E-state index contributed by atoms with van der Waals surface area (Å²) in [6.45, 7) is 2.26. The van der Waals surface area contributed by atoms with Gasteiger partial charge in [0, 0.05) is 44.1 Å². The number of carbonyl (C=O) groups is 2. The van der Waals surface area contributed by atoms with Gasteiger partial charge in [0.1, 0.15) is 12.0 Å². The maximum atomic E-state index is 13.5. The van der Waals surface area contributed by atoms with E-state index in [-0.39, 0.29) is 17.2 Å². The highest BCUT2D eigenvalue weighted by molar-refractivity contribution is 5.99. The number of nitrogens with zero attached hydrogens (tertiary/aromatic N) is 7. The van der Waals surface area contributed by atoms with E-state index in [0.29, 0.717) is 43.5 Å². The summed E-state index contributed by atoms with van der Waals surface area (Å²) in [6.07, 6.45) is 4.82. The number of hydrogen-bond donors (Lipinski definition) is 1. The third kappa shape index (κ3) is 3.51. The fourth-order valence-electron chi connectivity index (χ4n) is 3.79. The van der Waals surface area contributed by atoms with Crippen LogP contribution >= 0.6 is 0 Å². The van der Waals surface area contributed by atoms with Crippen molar-refractivity contribution in [3.63, 3.8) is 0 Å². The van der Waals surface area contributed by atoms with E-state index in [1.807, 2.05) is 35.2 Å². The second-order valence-electron chi connectivity index (χ2n) is 7.37. The van der Waals surface area contributed by atoms with Crippen LogP contribution in [-0.4, -0.2) is 67.2 Å². The van der Waals surface area contributed by atoms with Crippen LogP contribution in [-0.2, 0) is 0 Å². The van der Waals surface area contributed by atoms with Gasteiger partial charge in [-0.2, -0.15) is 0 Å². The number of benzene rings is 1. The lowest BCUT2D eigenvalue weighted by Gasteiger charge is -2.34. The molecule has 1 saturated heterocycles. The quantitative estimate of drug-likeness (QED) is 0.519. The van der Waals surface area contributed by atoms with Crippen LogP contribution in [0.5, 0.6) is 0 Å². The van der Waals surface area contributed by atoms with Crippen molar-refractivity contribution in [2.24, 2.45) is 5.73 Å². The van der Waals surface area contributed by atoms with E-state index in [1.165, 1.54) is 10.7 Å². The fraction of sp³-hybridized carbons (Fsp3) is 0.182.